The number of anilines is 1. The normalized spacial score (nSPS) is 14.1. The Morgan fingerprint density at radius 2 is 1.92 bits per heavy atom. The second kappa shape index (κ2) is 7.09. The van der Waals surface area contributed by atoms with Crippen molar-refractivity contribution >= 4 is 5.69 Å². The Labute approximate surface area is 147 Å². The molecule has 0 spiro atoms. The molecule has 1 aromatic carbocycles. The lowest BCUT2D eigenvalue weighted by molar-refractivity contribution is 0.611. The van der Waals surface area contributed by atoms with Crippen LogP contribution in [0.25, 0.3) is 0 Å². The van der Waals surface area contributed by atoms with Crippen LogP contribution in [0.15, 0.2) is 36.5 Å². The quantitative estimate of drug-likeness (QED) is 0.778. The van der Waals surface area contributed by atoms with Gasteiger partial charge in [0, 0.05) is 38.3 Å². The topological polar surface area (TPSA) is 60.6 Å². The number of aromatic nitrogens is 5. The number of rotatable bonds is 5. The van der Waals surface area contributed by atoms with Crippen LogP contribution in [0.3, 0.4) is 0 Å². The molecule has 3 aromatic rings. The van der Waals surface area contributed by atoms with E-state index in [2.05, 4.69) is 49.4 Å². The maximum absolute atomic E-state index is 4.42. The molecule has 3 heterocycles. The lowest BCUT2D eigenvalue weighted by Crippen LogP contribution is -2.07. The van der Waals surface area contributed by atoms with Crippen molar-refractivity contribution in [1.82, 2.24) is 24.5 Å². The summed E-state index contributed by atoms with van der Waals surface area (Å²) < 4.78 is 4.21. The molecule has 1 N–H and O–H groups in total. The van der Waals surface area contributed by atoms with Crippen LogP contribution in [0.1, 0.15) is 42.2 Å². The summed E-state index contributed by atoms with van der Waals surface area (Å²) in [4.78, 5) is 0. The molecule has 0 amide bonds. The lowest BCUT2D eigenvalue weighted by Gasteiger charge is -2.09. The van der Waals surface area contributed by atoms with E-state index >= 15 is 0 Å². The summed E-state index contributed by atoms with van der Waals surface area (Å²) in [5.74, 6) is 2.24. The van der Waals surface area contributed by atoms with E-state index in [0.29, 0.717) is 0 Å². The maximum atomic E-state index is 4.42. The zero-order valence-electron chi connectivity index (χ0n) is 14.6. The van der Waals surface area contributed by atoms with E-state index in [1.54, 1.807) is 0 Å². The zero-order valence-corrected chi connectivity index (χ0v) is 14.6. The molecule has 0 bridgehead atoms. The predicted octanol–water partition coefficient (Wildman–Crippen LogP) is 2.94. The summed E-state index contributed by atoms with van der Waals surface area (Å²) in [7, 11) is 1.96. The first-order chi connectivity index (χ1) is 12.3. The zero-order chi connectivity index (χ0) is 17.1. The van der Waals surface area contributed by atoms with Crippen molar-refractivity contribution in [2.75, 3.05) is 5.32 Å². The summed E-state index contributed by atoms with van der Waals surface area (Å²) in [6, 6.07) is 10.6. The summed E-state index contributed by atoms with van der Waals surface area (Å²) >= 11 is 0. The molecule has 25 heavy (non-hydrogen) atoms. The number of fused-ring (bicyclic) bond motifs is 1. The predicted molar refractivity (Wildman–Crippen MR) is 97.4 cm³/mol. The molecule has 0 aliphatic carbocycles. The van der Waals surface area contributed by atoms with Crippen molar-refractivity contribution in [3.05, 3.63) is 59.4 Å². The van der Waals surface area contributed by atoms with Crippen LogP contribution in [0, 0.1) is 0 Å². The highest BCUT2D eigenvalue weighted by atomic mass is 15.3. The minimum absolute atomic E-state index is 0.771. The van der Waals surface area contributed by atoms with E-state index in [1.165, 1.54) is 24.8 Å². The highest BCUT2D eigenvalue weighted by Crippen LogP contribution is 2.18. The number of hydrogen-bond donors (Lipinski definition) is 1. The number of nitrogens with zero attached hydrogens (tertiary/aromatic N) is 5. The fourth-order valence-electron chi connectivity index (χ4n) is 3.37. The lowest BCUT2D eigenvalue weighted by atomic mass is 10.1. The Balaban J connectivity index is 1.41. The van der Waals surface area contributed by atoms with Gasteiger partial charge in [-0.3, -0.25) is 4.68 Å². The molecule has 0 saturated heterocycles. The molecule has 0 fully saturated rings. The van der Waals surface area contributed by atoms with Gasteiger partial charge < -0.3 is 9.88 Å². The molecule has 1 aliphatic heterocycles. The smallest absolute Gasteiger partial charge is 0.137 e. The van der Waals surface area contributed by atoms with Crippen molar-refractivity contribution in [1.29, 1.82) is 0 Å². The highest BCUT2D eigenvalue weighted by Gasteiger charge is 2.14. The number of nitrogens with one attached hydrogen (secondary N) is 1. The van der Waals surface area contributed by atoms with Gasteiger partial charge in [0.1, 0.15) is 11.6 Å². The van der Waals surface area contributed by atoms with Gasteiger partial charge in [0.25, 0.3) is 0 Å². The van der Waals surface area contributed by atoms with Crippen molar-refractivity contribution in [2.45, 2.75) is 45.2 Å². The van der Waals surface area contributed by atoms with E-state index in [4.69, 9.17) is 0 Å². The minimum atomic E-state index is 0.771. The van der Waals surface area contributed by atoms with E-state index in [1.807, 2.05) is 24.0 Å². The Kier molecular flexibility index (Phi) is 4.50. The Morgan fingerprint density at radius 3 is 2.72 bits per heavy atom. The molecule has 0 atom stereocenters. The van der Waals surface area contributed by atoms with Crippen molar-refractivity contribution in [3.8, 4) is 0 Å². The van der Waals surface area contributed by atoms with E-state index in [-0.39, 0.29) is 0 Å². The molecular weight excluding hydrogens is 312 g/mol. The average molecular weight is 336 g/mol. The van der Waals surface area contributed by atoms with Gasteiger partial charge in [-0.2, -0.15) is 5.10 Å². The largest absolute Gasteiger partial charge is 0.379 e. The van der Waals surface area contributed by atoms with E-state index in [0.717, 1.165) is 49.0 Å². The molecule has 6 nitrogen and oxygen atoms in total. The minimum Gasteiger partial charge on any atom is -0.379 e. The van der Waals surface area contributed by atoms with Gasteiger partial charge in [0.05, 0.1) is 12.2 Å². The second-order valence-corrected chi connectivity index (χ2v) is 6.67. The van der Waals surface area contributed by atoms with Crippen LogP contribution in [-0.2, 0) is 33.0 Å². The standard InChI is InChI=1S/C19H24N6/c1-24-17(10-11-21-24)14-20-16-8-6-15(7-9-16)13-19-23-22-18-5-3-2-4-12-25(18)19/h6-11,20H,2-5,12-14H2,1H3. The van der Waals surface area contributed by atoms with Crippen LogP contribution in [0.4, 0.5) is 5.69 Å². The van der Waals surface area contributed by atoms with Crippen LogP contribution >= 0.6 is 0 Å². The third kappa shape index (κ3) is 3.57. The SMILES string of the molecule is Cn1nccc1CNc1ccc(Cc2nnc3n2CCCCC3)cc1. The Hall–Kier alpha value is -2.63. The molecule has 6 heteroatoms. The summed E-state index contributed by atoms with van der Waals surface area (Å²) in [6.45, 7) is 1.83. The summed E-state index contributed by atoms with van der Waals surface area (Å²) in [5.41, 5.74) is 3.55. The van der Waals surface area contributed by atoms with Gasteiger partial charge in [-0.05, 0) is 36.6 Å². The first kappa shape index (κ1) is 15.9. The van der Waals surface area contributed by atoms with Crippen LogP contribution in [-0.4, -0.2) is 24.5 Å². The molecule has 0 unspecified atom stereocenters. The van der Waals surface area contributed by atoms with Crippen LogP contribution < -0.4 is 5.32 Å². The Bertz CT molecular complexity index is 830. The van der Waals surface area contributed by atoms with E-state index < -0.39 is 0 Å². The van der Waals surface area contributed by atoms with Gasteiger partial charge in [-0.15, -0.1) is 10.2 Å². The number of aryl methyl sites for hydroxylation is 2. The van der Waals surface area contributed by atoms with Crippen molar-refractivity contribution in [2.24, 2.45) is 7.05 Å². The van der Waals surface area contributed by atoms with Crippen molar-refractivity contribution in [3.63, 3.8) is 0 Å². The Morgan fingerprint density at radius 1 is 1.04 bits per heavy atom. The molecule has 0 saturated carbocycles. The molecule has 2 aromatic heterocycles. The van der Waals surface area contributed by atoms with Crippen LogP contribution in [0.5, 0.6) is 0 Å². The molecule has 1 aliphatic rings. The third-order valence-electron chi connectivity index (χ3n) is 4.90. The maximum Gasteiger partial charge on any atom is 0.137 e. The van der Waals surface area contributed by atoms with Gasteiger partial charge in [0.15, 0.2) is 0 Å². The summed E-state index contributed by atoms with van der Waals surface area (Å²) in [6.07, 6.45) is 7.48. The van der Waals surface area contributed by atoms with Gasteiger partial charge in [-0.1, -0.05) is 18.6 Å². The molecule has 0 radical (unpaired) electrons. The number of benzene rings is 1. The average Bonchev–Trinajstić information content (AvgIpc) is 3.12. The number of hydrogen-bond acceptors (Lipinski definition) is 4. The van der Waals surface area contributed by atoms with Crippen LogP contribution in [0.2, 0.25) is 0 Å². The second-order valence-electron chi connectivity index (χ2n) is 6.67. The van der Waals surface area contributed by atoms with E-state index in [9.17, 15) is 0 Å². The van der Waals surface area contributed by atoms with Gasteiger partial charge >= 0.3 is 0 Å². The molecule has 130 valence electrons. The first-order valence-electron chi connectivity index (χ1n) is 9.00. The molecular formula is C19H24N6. The summed E-state index contributed by atoms with van der Waals surface area (Å²) in [5, 5.41) is 16.4. The first-order valence-corrected chi connectivity index (χ1v) is 9.00. The fraction of sp³-hybridized carbons (Fsp3) is 0.421. The van der Waals surface area contributed by atoms with Crippen molar-refractivity contribution < 1.29 is 0 Å². The van der Waals surface area contributed by atoms with Gasteiger partial charge in [-0.25, -0.2) is 0 Å². The van der Waals surface area contributed by atoms with Gasteiger partial charge in [0.2, 0.25) is 0 Å². The fourth-order valence-corrected chi connectivity index (χ4v) is 3.37. The monoisotopic (exact) mass is 336 g/mol. The molecule has 4 rings (SSSR count). The highest BCUT2D eigenvalue weighted by molar-refractivity contribution is 5.45. The third-order valence-corrected chi connectivity index (χ3v) is 4.90.